The van der Waals surface area contributed by atoms with Crippen molar-refractivity contribution in [3.8, 4) is 0 Å². The van der Waals surface area contributed by atoms with Gasteiger partial charge in [-0.3, -0.25) is 9.59 Å². The van der Waals surface area contributed by atoms with E-state index in [4.69, 9.17) is 5.11 Å². The number of rotatable bonds is 7. The molecule has 19 heavy (non-hydrogen) atoms. The van der Waals surface area contributed by atoms with Gasteiger partial charge in [-0.15, -0.1) is 0 Å². The van der Waals surface area contributed by atoms with Crippen molar-refractivity contribution in [1.82, 2.24) is 9.47 Å². The van der Waals surface area contributed by atoms with E-state index < -0.39 is 5.97 Å². The van der Waals surface area contributed by atoms with E-state index in [9.17, 15) is 9.59 Å². The molecule has 2 rings (SSSR count). The van der Waals surface area contributed by atoms with Crippen LogP contribution >= 0.6 is 0 Å². The number of aryl methyl sites for hydroxylation is 1. The van der Waals surface area contributed by atoms with Crippen molar-refractivity contribution >= 4 is 11.9 Å². The molecule has 0 bridgehead atoms. The van der Waals surface area contributed by atoms with Crippen LogP contribution in [-0.4, -0.2) is 39.5 Å². The highest BCUT2D eigenvalue weighted by Crippen LogP contribution is 2.30. The molecule has 0 saturated heterocycles. The van der Waals surface area contributed by atoms with Crippen molar-refractivity contribution in [3.63, 3.8) is 0 Å². The Morgan fingerprint density at radius 2 is 2.21 bits per heavy atom. The number of hydrogen-bond acceptors (Lipinski definition) is 2. The zero-order valence-corrected chi connectivity index (χ0v) is 11.2. The molecule has 1 aliphatic carbocycles. The number of aromatic nitrogens is 1. The fourth-order valence-corrected chi connectivity index (χ4v) is 2.20. The molecule has 0 aliphatic heterocycles. The molecule has 1 saturated carbocycles. The van der Waals surface area contributed by atoms with Crippen LogP contribution in [0.3, 0.4) is 0 Å². The Morgan fingerprint density at radius 1 is 1.47 bits per heavy atom. The average Bonchev–Trinajstić information content (AvgIpc) is 3.05. The van der Waals surface area contributed by atoms with E-state index in [0.717, 1.165) is 25.8 Å². The predicted molar refractivity (Wildman–Crippen MR) is 71.0 cm³/mol. The molecule has 0 radical (unpaired) electrons. The van der Waals surface area contributed by atoms with Crippen molar-refractivity contribution in [2.75, 3.05) is 13.1 Å². The standard InChI is InChI=1S/C14H20N2O3/c1-2-7-15-8-3-4-12(15)14(19)16(10-13(17)18)9-11-5-6-11/h3-4,8,11H,2,5-7,9-10H2,1H3,(H,17,18). The van der Waals surface area contributed by atoms with Crippen LogP contribution in [0, 0.1) is 5.92 Å². The minimum atomic E-state index is -0.956. The van der Waals surface area contributed by atoms with Crippen LogP contribution < -0.4 is 0 Å². The third-order valence-electron chi connectivity index (χ3n) is 3.30. The molecule has 1 heterocycles. The molecule has 1 aromatic heterocycles. The van der Waals surface area contributed by atoms with Gasteiger partial charge >= 0.3 is 5.97 Å². The van der Waals surface area contributed by atoms with Gasteiger partial charge in [0.05, 0.1) is 0 Å². The lowest BCUT2D eigenvalue weighted by Crippen LogP contribution is -2.38. The van der Waals surface area contributed by atoms with Crippen LogP contribution in [0.15, 0.2) is 18.3 Å². The highest BCUT2D eigenvalue weighted by molar-refractivity contribution is 5.94. The van der Waals surface area contributed by atoms with Crippen molar-refractivity contribution in [2.45, 2.75) is 32.7 Å². The van der Waals surface area contributed by atoms with Crippen LogP contribution in [0.5, 0.6) is 0 Å². The highest BCUT2D eigenvalue weighted by atomic mass is 16.4. The predicted octanol–water partition coefficient (Wildman–Crippen LogP) is 1.83. The van der Waals surface area contributed by atoms with Crippen LogP contribution in [0.1, 0.15) is 36.7 Å². The third kappa shape index (κ3) is 3.59. The lowest BCUT2D eigenvalue weighted by Gasteiger charge is -2.21. The monoisotopic (exact) mass is 264 g/mol. The Bertz CT molecular complexity index is 463. The molecule has 0 atom stereocenters. The molecule has 0 spiro atoms. The smallest absolute Gasteiger partial charge is 0.323 e. The number of carbonyl (C=O) groups excluding carboxylic acids is 1. The first-order valence-electron chi connectivity index (χ1n) is 6.78. The van der Waals surface area contributed by atoms with Crippen molar-refractivity contribution in [3.05, 3.63) is 24.0 Å². The fraction of sp³-hybridized carbons (Fsp3) is 0.571. The zero-order valence-electron chi connectivity index (χ0n) is 11.2. The van der Waals surface area contributed by atoms with E-state index in [2.05, 4.69) is 0 Å². The molecule has 104 valence electrons. The quantitative estimate of drug-likeness (QED) is 0.817. The van der Waals surface area contributed by atoms with Crippen molar-refractivity contribution in [2.24, 2.45) is 5.92 Å². The maximum absolute atomic E-state index is 12.4. The minimum absolute atomic E-state index is 0.173. The molecule has 1 aliphatic rings. The summed E-state index contributed by atoms with van der Waals surface area (Å²) in [5, 5.41) is 8.94. The Balaban J connectivity index is 2.12. The molecule has 1 aromatic rings. The lowest BCUT2D eigenvalue weighted by molar-refractivity contribution is -0.137. The van der Waals surface area contributed by atoms with Gasteiger partial charge in [0.2, 0.25) is 0 Å². The Labute approximate surface area is 112 Å². The van der Waals surface area contributed by atoms with E-state index in [0.29, 0.717) is 18.2 Å². The molecule has 1 amide bonds. The molecule has 1 fully saturated rings. The number of carbonyl (C=O) groups is 2. The Hall–Kier alpha value is -1.78. The number of carboxylic acids is 1. The van der Waals surface area contributed by atoms with E-state index in [-0.39, 0.29) is 12.5 Å². The maximum atomic E-state index is 12.4. The van der Waals surface area contributed by atoms with E-state index in [1.807, 2.05) is 23.8 Å². The summed E-state index contributed by atoms with van der Waals surface area (Å²) in [5.74, 6) is -0.645. The first-order valence-corrected chi connectivity index (χ1v) is 6.78. The number of nitrogens with zero attached hydrogens (tertiary/aromatic N) is 2. The summed E-state index contributed by atoms with van der Waals surface area (Å²) < 4.78 is 1.89. The topological polar surface area (TPSA) is 62.5 Å². The molecule has 0 unspecified atom stereocenters. The first kappa shape index (κ1) is 13.6. The van der Waals surface area contributed by atoms with Gasteiger partial charge < -0.3 is 14.6 Å². The van der Waals surface area contributed by atoms with Crippen LogP contribution in [0.25, 0.3) is 0 Å². The highest BCUT2D eigenvalue weighted by Gasteiger charge is 2.29. The van der Waals surface area contributed by atoms with Gasteiger partial charge in [-0.25, -0.2) is 0 Å². The van der Waals surface area contributed by atoms with E-state index in [1.165, 1.54) is 4.90 Å². The number of hydrogen-bond donors (Lipinski definition) is 1. The molecule has 5 nitrogen and oxygen atoms in total. The summed E-state index contributed by atoms with van der Waals surface area (Å²) in [7, 11) is 0. The summed E-state index contributed by atoms with van der Waals surface area (Å²) in [5.41, 5.74) is 0.587. The lowest BCUT2D eigenvalue weighted by atomic mass is 10.3. The Kier molecular flexibility index (Phi) is 4.24. The summed E-state index contributed by atoms with van der Waals surface area (Å²) in [4.78, 5) is 24.8. The van der Waals surface area contributed by atoms with Gasteiger partial charge in [0.25, 0.3) is 5.91 Å². The van der Waals surface area contributed by atoms with Crippen LogP contribution in [0.4, 0.5) is 0 Å². The van der Waals surface area contributed by atoms with Gasteiger partial charge in [-0.05, 0) is 37.3 Å². The zero-order chi connectivity index (χ0) is 13.8. The van der Waals surface area contributed by atoms with Gasteiger partial charge in [-0.2, -0.15) is 0 Å². The summed E-state index contributed by atoms with van der Waals surface area (Å²) >= 11 is 0. The molecule has 5 heteroatoms. The van der Waals surface area contributed by atoms with Crippen LogP contribution in [0.2, 0.25) is 0 Å². The summed E-state index contributed by atoms with van der Waals surface area (Å²) in [6.07, 6.45) is 5.00. The largest absolute Gasteiger partial charge is 0.480 e. The van der Waals surface area contributed by atoms with Gasteiger partial charge in [0.15, 0.2) is 0 Å². The van der Waals surface area contributed by atoms with Crippen molar-refractivity contribution < 1.29 is 14.7 Å². The second-order valence-corrected chi connectivity index (χ2v) is 5.11. The van der Waals surface area contributed by atoms with Crippen LogP contribution in [-0.2, 0) is 11.3 Å². The number of amides is 1. The molecular weight excluding hydrogens is 244 g/mol. The maximum Gasteiger partial charge on any atom is 0.323 e. The summed E-state index contributed by atoms with van der Waals surface area (Å²) in [6, 6.07) is 3.60. The van der Waals surface area contributed by atoms with Gasteiger partial charge in [0, 0.05) is 19.3 Å². The second-order valence-electron chi connectivity index (χ2n) is 5.11. The average molecular weight is 264 g/mol. The fourth-order valence-electron chi connectivity index (χ4n) is 2.20. The molecule has 0 aromatic carbocycles. The molecular formula is C14H20N2O3. The molecule has 1 N–H and O–H groups in total. The number of aliphatic carboxylic acids is 1. The third-order valence-corrected chi connectivity index (χ3v) is 3.30. The minimum Gasteiger partial charge on any atom is -0.480 e. The van der Waals surface area contributed by atoms with Gasteiger partial charge in [0.1, 0.15) is 12.2 Å². The SMILES string of the molecule is CCCn1cccc1C(=O)N(CC(=O)O)CC1CC1. The second kappa shape index (κ2) is 5.91. The van der Waals surface area contributed by atoms with E-state index in [1.54, 1.807) is 6.07 Å². The van der Waals surface area contributed by atoms with Gasteiger partial charge in [-0.1, -0.05) is 6.92 Å². The normalized spacial score (nSPS) is 14.4. The van der Waals surface area contributed by atoms with Crippen molar-refractivity contribution in [1.29, 1.82) is 0 Å². The summed E-state index contributed by atoms with van der Waals surface area (Å²) in [6.45, 7) is 3.17. The Morgan fingerprint density at radius 3 is 2.79 bits per heavy atom. The number of carboxylic acid groups (broad SMARTS) is 1. The van der Waals surface area contributed by atoms with E-state index >= 15 is 0 Å². The first-order chi connectivity index (χ1) is 9.11.